The fourth-order valence-corrected chi connectivity index (χ4v) is 3.22. The first-order valence-electron chi connectivity index (χ1n) is 7.82. The fourth-order valence-electron chi connectivity index (χ4n) is 3.06. The highest BCUT2D eigenvalue weighted by atomic mass is 35.5. The first-order chi connectivity index (χ1) is 12.1. The topological polar surface area (TPSA) is 63.9 Å². The van der Waals surface area contributed by atoms with Crippen LogP contribution in [-0.4, -0.2) is 34.7 Å². The number of likely N-dealkylation sites (N-methyl/N-ethyl adjacent to an activating group) is 1. The summed E-state index contributed by atoms with van der Waals surface area (Å²) in [7, 11) is 0. The predicted molar refractivity (Wildman–Crippen MR) is 94.5 cm³/mol. The van der Waals surface area contributed by atoms with Crippen molar-refractivity contribution in [3.05, 3.63) is 47.2 Å². The summed E-state index contributed by atoms with van der Waals surface area (Å²) in [6, 6.07) is 8.93. The molecule has 3 aromatic rings. The summed E-state index contributed by atoms with van der Waals surface area (Å²) >= 11 is 6.03. The van der Waals surface area contributed by atoms with E-state index in [1.165, 1.54) is 0 Å². The number of pyridine rings is 1. The highest BCUT2D eigenvalue weighted by Gasteiger charge is 2.25. The van der Waals surface area contributed by atoms with Gasteiger partial charge in [-0.1, -0.05) is 11.6 Å². The Bertz CT molecular complexity index is 1010. The molecular formula is C18H14ClN3O3. The Balaban J connectivity index is 1.91. The number of anilines is 1. The highest BCUT2D eigenvalue weighted by Crippen LogP contribution is 2.36. The monoisotopic (exact) mass is 355 g/mol. The lowest BCUT2D eigenvalue weighted by atomic mass is 10.1. The maximum absolute atomic E-state index is 12.0. The minimum atomic E-state index is -0.0930. The second-order valence-electron chi connectivity index (χ2n) is 5.65. The molecule has 0 atom stereocenters. The summed E-state index contributed by atoms with van der Waals surface area (Å²) in [6.07, 6.45) is 2.41. The van der Waals surface area contributed by atoms with Crippen LogP contribution in [0.3, 0.4) is 0 Å². The molecule has 25 heavy (non-hydrogen) atoms. The molecule has 2 aromatic heterocycles. The third-order valence-electron chi connectivity index (χ3n) is 4.22. The molecule has 0 saturated carbocycles. The predicted octanol–water partition coefficient (Wildman–Crippen LogP) is 3.21. The number of aldehydes is 1. The second kappa shape index (κ2) is 5.89. The number of carbonyl (C=O) groups excluding carboxylic acids is 2. The van der Waals surface area contributed by atoms with Gasteiger partial charge in [-0.3, -0.25) is 14.0 Å². The van der Waals surface area contributed by atoms with Crippen LogP contribution in [0.1, 0.15) is 17.4 Å². The zero-order valence-electron chi connectivity index (χ0n) is 13.4. The Labute approximate surface area is 148 Å². The number of fused-ring (bicyclic) bond motifs is 2. The molecule has 7 heteroatoms. The average Bonchev–Trinajstić information content (AvgIpc) is 2.98. The van der Waals surface area contributed by atoms with Gasteiger partial charge in [0.15, 0.2) is 12.9 Å². The van der Waals surface area contributed by atoms with Crippen LogP contribution >= 0.6 is 11.6 Å². The van der Waals surface area contributed by atoms with Crippen molar-refractivity contribution in [2.45, 2.75) is 6.92 Å². The van der Waals surface area contributed by atoms with Gasteiger partial charge in [-0.2, -0.15) is 0 Å². The Morgan fingerprint density at radius 2 is 2.16 bits per heavy atom. The molecule has 3 heterocycles. The highest BCUT2D eigenvalue weighted by molar-refractivity contribution is 6.30. The van der Waals surface area contributed by atoms with Gasteiger partial charge in [0.05, 0.1) is 10.7 Å². The number of carbonyl (C=O) groups is 2. The van der Waals surface area contributed by atoms with Crippen LogP contribution < -0.4 is 9.64 Å². The molecule has 1 aliphatic heterocycles. The molecule has 0 N–H and O–H groups in total. The summed E-state index contributed by atoms with van der Waals surface area (Å²) in [5.74, 6) is 0.550. The van der Waals surface area contributed by atoms with Crippen LogP contribution in [0.25, 0.3) is 16.9 Å². The van der Waals surface area contributed by atoms with Gasteiger partial charge in [0, 0.05) is 18.3 Å². The lowest BCUT2D eigenvalue weighted by Crippen LogP contribution is -2.38. The van der Waals surface area contributed by atoms with Crippen molar-refractivity contribution >= 4 is 35.1 Å². The van der Waals surface area contributed by atoms with Crippen molar-refractivity contribution in [2.75, 3.05) is 18.1 Å². The number of imidazole rings is 1. The van der Waals surface area contributed by atoms with Crippen molar-refractivity contribution in [3.8, 4) is 17.0 Å². The number of hydrogen-bond donors (Lipinski definition) is 0. The Morgan fingerprint density at radius 1 is 1.32 bits per heavy atom. The van der Waals surface area contributed by atoms with E-state index in [0.717, 1.165) is 11.8 Å². The summed E-state index contributed by atoms with van der Waals surface area (Å²) in [5, 5.41) is 0.515. The molecule has 126 valence electrons. The van der Waals surface area contributed by atoms with Gasteiger partial charge in [0.25, 0.3) is 5.91 Å². The quantitative estimate of drug-likeness (QED) is 0.677. The van der Waals surface area contributed by atoms with Crippen LogP contribution in [0.4, 0.5) is 5.69 Å². The van der Waals surface area contributed by atoms with E-state index in [-0.39, 0.29) is 12.5 Å². The first kappa shape index (κ1) is 15.7. The van der Waals surface area contributed by atoms with E-state index in [0.29, 0.717) is 40.0 Å². The fraction of sp³-hybridized carbons (Fsp3) is 0.167. The smallest absolute Gasteiger partial charge is 0.265 e. The van der Waals surface area contributed by atoms with E-state index in [1.54, 1.807) is 33.7 Å². The molecule has 1 aliphatic rings. The van der Waals surface area contributed by atoms with Crippen LogP contribution in [0.15, 0.2) is 36.5 Å². The van der Waals surface area contributed by atoms with E-state index in [9.17, 15) is 9.59 Å². The number of aromatic nitrogens is 2. The van der Waals surface area contributed by atoms with Gasteiger partial charge in [-0.25, -0.2) is 4.98 Å². The largest absolute Gasteiger partial charge is 0.482 e. The number of benzene rings is 1. The molecule has 0 fully saturated rings. The lowest BCUT2D eigenvalue weighted by molar-refractivity contribution is -0.121. The van der Waals surface area contributed by atoms with Crippen molar-refractivity contribution < 1.29 is 14.3 Å². The lowest BCUT2D eigenvalue weighted by Gasteiger charge is -2.28. The van der Waals surface area contributed by atoms with Crippen molar-refractivity contribution in [1.29, 1.82) is 0 Å². The van der Waals surface area contributed by atoms with E-state index in [1.807, 2.05) is 19.1 Å². The Kier molecular flexibility index (Phi) is 3.69. The molecular weight excluding hydrogens is 342 g/mol. The van der Waals surface area contributed by atoms with E-state index in [4.69, 9.17) is 16.3 Å². The number of ether oxygens (including phenoxy) is 1. The zero-order chi connectivity index (χ0) is 17.6. The zero-order valence-corrected chi connectivity index (χ0v) is 14.2. The maximum Gasteiger partial charge on any atom is 0.265 e. The molecule has 0 bridgehead atoms. The molecule has 0 saturated heterocycles. The van der Waals surface area contributed by atoms with E-state index < -0.39 is 0 Å². The standard InChI is InChI=1S/C18H14ClN3O3/c1-2-21-13-7-11(3-5-15(13)25-10-17(21)24)18-14(9-23)22-8-12(19)4-6-16(22)20-18/h3-9H,2,10H2,1H3. The number of hydrogen-bond acceptors (Lipinski definition) is 4. The summed E-state index contributed by atoms with van der Waals surface area (Å²) < 4.78 is 7.14. The van der Waals surface area contributed by atoms with Gasteiger partial charge in [0.1, 0.15) is 22.8 Å². The molecule has 0 radical (unpaired) electrons. The molecule has 1 aromatic carbocycles. The molecule has 0 spiro atoms. The molecule has 0 unspecified atom stereocenters. The van der Waals surface area contributed by atoms with Crippen molar-refractivity contribution in [1.82, 2.24) is 9.38 Å². The maximum atomic E-state index is 12.0. The van der Waals surface area contributed by atoms with Gasteiger partial charge >= 0.3 is 0 Å². The summed E-state index contributed by atoms with van der Waals surface area (Å²) in [6.45, 7) is 2.48. The van der Waals surface area contributed by atoms with Crippen LogP contribution in [0.2, 0.25) is 5.02 Å². The molecule has 4 rings (SSSR count). The van der Waals surface area contributed by atoms with Gasteiger partial charge in [0.2, 0.25) is 0 Å². The SMILES string of the molecule is CCN1C(=O)COc2ccc(-c3nc4ccc(Cl)cn4c3C=O)cc21. The van der Waals surface area contributed by atoms with Crippen LogP contribution in [0, 0.1) is 0 Å². The minimum Gasteiger partial charge on any atom is -0.482 e. The number of rotatable bonds is 3. The molecule has 0 aliphatic carbocycles. The van der Waals surface area contributed by atoms with Gasteiger partial charge in [-0.15, -0.1) is 0 Å². The van der Waals surface area contributed by atoms with Gasteiger partial charge in [-0.05, 0) is 37.3 Å². The number of nitrogens with zero attached hydrogens (tertiary/aromatic N) is 3. The first-order valence-corrected chi connectivity index (χ1v) is 8.20. The van der Waals surface area contributed by atoms with Gasteiger partial charge < -0.3 is 9.64 Å². The molecule has 1 amide bonds. The van der Waals surface area contributed by atoms with Crippen molar-refractivity contribution in [2.24, 2.45) is 0 Å². The minimum absolute atomic E-state index is 0.0344. The number of halogens is 1. The third-order valence-corrected chi connectivity index (χ3v) is 4.45. The Hall–Kier alpha value is -2.86. The normalized spacial score (nSPS) is 13.7. The number of amides is 1. The third kappa shape index (κ3) is 2.46. The Morgan fingerprint density at radius 3 is 2.92 bits per heavy atom. The van der Waals surface area contributed by atoms with E-state index in [2.05, 4.69) is 4.98 Å². The van der Waals surface area contributed by atoms with E-state index >= 15 is 0 Å². The van der Waals surface area contributed by atoms with Crippen LogP contribution in [-0.2, 0) is 4.79 Å². The summed E-state index contributed by atoms with van der Waals surface area (Å²) in [5.41, 5.74) is 2.98. The molecule has 6 nitrogen and oxygen atoms in total. The van der Waals surface area contributed by atoms with Crippen LogP contribution in [0.5, 0.6) is 5.75 Å². The van der Waals surface area contributed by atoms with Crippen molar-refractivity contribution in [3.63, 3.8) is 0 Å². The average molecular weight is 356 g/mol. The summed E-state index contributed by atoms with van der Waals surface area (Å²) in [4.78, 5) is 29.9. The second-order valence-corrected chi connectivity index (χ2v) is 6.08.